The summed E-state index contributed by atoms with van der Waals surface area (Å²) in [7, 11) is 0. The van der Waals surface area contributed by atoms with Gasteiger partial charge in [-0.25, -0.2) is 9.79 Å². The number of hydrogen-bond acceptors (Lipinski definition) is 8. The molecular weight excluding hydrogens is 454 g/mol. The minimum absolute atomic E-state index is 0. The molecule has 0 saturated heterocycles. The van der Waals surface area contributed by atoms with Crippen molar-refractivity contribution in [1.29, 1.82) is 5.41 Å². The van der Waals surface area contributed by atoms with Gasteiger partial charge < -0.3 is 31.8 Å². The van der Waals surface area contributed by atoms with E-state index in [2.05, 4.69) is 30.9 Å². The number of aliphatic carboxylic acids is 2. The third-order valence-electron chi connectivity index (χ3n) is 4.47. The quantitative estimate of drug-likeness (QED) is 0.229. The topological polar surface area (TPSA) is 269 Å². The molecular formula is C19H23N7O8. The van der Waals surface area contributed by atoms with Gasteiger partial charge in [0.05, 0.1) is 18.5 Å². The average Bonchev–Trinajstić information content (AvgIpc) is 2.75. The van der Waals surface area contributed by atoms with E-state index in [0.717, 1.165) is 0 Å². The van der Waals surface area contributed by atoms with Crippen LogP contribution in [0.25, 0.3) is 0 Å². The van der Waals surface area contributed by atoms with Crippen molar-refractivity contribution in [2.45, 2.75) is 24.9 Å². The first kappa shape index (κ1) is 27.5. The highest BCUT2D eigenvalue weighted by molar-refractivity contribution is 6.38. The molecule has 2 heterocycles. The zero-order chi connectivity index (χ0) is 23.3. The average molecular weight is 477 g/mol. The van der Waals surface area contributed by atoms with Gasteiger partial charge in [0.1, 0.15) is 6.04 Å². The van der Waals surface area contributed by atoms with Gasteiger partial charge in [0.2, 0.25) is 5.96 Å². The van der Waals surface area contributed by atoms with Gasteiger partial charge in [-0.15, -0.1) is 0 Å². The van der Waals surface area contributed by atoms with Crippen LogP contribution in [0.2, 0.25) is 0 Å². The third kappa shape index (κ3) is 7.01. The first-order valence-corrected chi connectivity index (χ1v) is 9.41. The van der Waals surface area contributed by atoms with Crippen LogP contribution in [0.4, 0.5) is 5.69 Å². The van der Waals surface area contributed by atoms with Crippen molar-refractivity contribution >= 4 is 53.2 Å². The number of rotatable bonds is 9. The van der Waals surface area contributed by atoms with Crippen molar-refractivity contribution in [2.24, 2.45) is 15.0 Å². The number of nitrogens with zero attached hydrogens (tertiary/aromatic N) is 3. The molecule has 0 spiro atoms. The lowest BCUT2D eigenvalue weighted by Crippen LogP contribution is -2.47. The Morgan fingerprint density at radius 1 is 1.15 bits per heavy atom. The maximum Gasteiger partial charge on any atom is 0.326 e. The normalized spacial score (nSPS) is 16.9. The highest BCUT2D eigenvalue weighted by Crippen LogP contribution is 2.12. The molecule has 0 radical (unpaired) electrons. The number of carbonyl (C=O) groups excluding carboxylic acids is 2. The van der Waals surface area contributed by atoms with Crippen LogP contribution in [0.5, 0.6) is 0 Å². The summed E-state index contributed by atoms with van der Waals surface area (Å²) in [4.78, 5) is 58.2. The maximum absolute atomic E-state index is 12.3. The molecule has 1 unspecified atom stereocenters. The number of aliphatic imine (C=N–C) groups is 3. The zero-order valence-electron chi connectivity index (χ0n) is 17.5. The fraction of sp³-hybridized carbons (Fsp3) is 0.263. The van der Waals surface area contributed by atoms with E-state index >= 15 is 0 Å². The number of amides is 2. The molecule has 1 aromatic carbocycles. The summed E-state index contributed by atoms with van der Waals surface area (Å²) in [6.07, 6.45) is 0.831. The molecule has 15 heteroatoms. The SMILES string of the molecule is N=C1N=C2N=CC(CNc3ccc(C(=O)N[C@@H](CCC(=O)O)C(=O)O)cc3)=NC2C(=O)N1.O.O. The number of hydrogen-bond donors (Lipinski definition) is 6. The Balaban J connectivity index is 0.00000289. The van der Waals surface area contributed by atoms with E-state index in [1.165, 1.54) is 18.3 Å². The molecule has 0 bridgehead atoms. The fourth-order valence-corrected chi connectivity index (χ4v) is 2.85. The van der Waals surface area contributed by atoms with Crippen LogP contribution >= 0.6 is 0 Å². The number of benzene rings is 1. The minimum Gasteiger partial charge on any atom is -0.481 e. The van der Waals surface area contributed by atoms with Crippen molar-refractivity contribution in [3.05, 3.63) is 29.8 Å². The van der Waals surface area contributed by atoms with Crippen LogP contribution in [0.15, 0.2) is 39.2 Å². The van der Waals surface area contributed by atoms with Crippen LogP contribution in [0.1, 0.15) is 23.2 Å². The van der Waals surface area contributed by atoms with Gasteiger partial charge in [0.15, 0.2) is 11.9 Å². The number of carboxylic acid groups (broad SMARTS) is 2. The predicted octanol–water partition coefficient (Wildman–Crippen LogP) is -2.15. The second kappa shape index (κ2) is 11.9. The minimum atomic E-state index is -1.32. The van der Waals surface area contributed by atoms with Crippen molar-refractivity contribution in [3.63, 3.8) is 0 Å². The Morgan fingerprint density at radius 2 is 1.82 bits per heavy atom. The molecule has 34 heavy (non-hydrogen) atoms. The molecule has 1 aromatic rings. The van der Waals surface area contributed by atoms with Gasteiger partial charge in [0, 0.05) is 17.7 Å². The summed E-state index contributed by atoms with van der Waals surface area (Å²) >= 11 is 0. The maximum atomic E-state index is 12.3. The second-order valence-corrected chi connectivity index (χ2v) is 6.82. The number of anilines is 1. The Kier molecular flexibility index (Phi) is 9.66. The van der Waals surface area contributed by atoms with Crippen LogP contribution in [-0.4, -0.2) is 87.3 Å². The van der Waals surface area contributed by atoms with Crippen molar-refractivity contribution in [1.82, 2.24) is 10.6 Å². The third-order valence-corrected chi connectivity index (χ3v) is 4.47. The number of nitrogens with one attached hydrogen (secondary N) is 4. The summed E-state index contributed by atoms with van der Waals surface area (Å²) in [6, 6.07) is 3.95. The van der Waals surface area contributed by atoms with Crippen molar-refractivity contribution in [3.8, 4) is 0 Å². The summed E-state index contributed by atoms with van der Waals surface area (Å²) in [5, 5.41) is 32.9. The smallest absolute Gasteiger partial charge is 0.326 e. The molecule has 2 aliphatic heterocycles. The first-order valence-electron chi connectivity index (χ1n) is 9.41. The van der Waals surface area contributed by atoms with E-state index in [-0.39, 0.29) is 47.7 Å². The van der Waals surface area contributed by atoms with Crippen LogP contribution < -0.4 is 16.0 Å². The van der Waals surface area contributed by atoms with E-state index in [1.54, 1.807) is 12.1 Å². The van der Waals surface area contributed by atoms with Gasteiger partial charge in [-0.1, -0.05) is 0 Å². The molecule has 182 valence electrons. The molecule has 0 saturated carbocycles. The highest BCUT2D eigenvalue weighted by atomic mass is 16.4. The molecule has 2 atom stereocenters. The number of carbonyl (C=O) groups is 4. The van der Waals surface area contributed by atoms with E-state index < -0.39 is 35.8 Å². The van der Waals surface area contributed by atoms with Gasteiger partial charge in [-0.2, -0.15) is 4.99 Å². The molecule has 0 aliphatic carbocycles. The molecule has 0 aromatic heterocycles. The summed E-state index contributed by atoms with van der Waals surface area (Å²) < 4.78 is 0. The van der Waals surface area contributed by atoms with E-state index in [4.69, 9.17) is 15.6 Å². The van der Waals surface area contributed by atoms with E-state index in [1.807, 2.05) is 0 Å². The Hall–Kier alpha value is -4.50. The van der Waals surface area contributed by atoms with Gasteiger partial charge in [0.25, 0.3) is 11.8 Å². The molecule has 0 fully saturated rings. The van der Waals surface area contributed by atoms with E-state index in [0.29, 0.717) is 11.4 Å². The Labute approximate surface area is 191 Å². The summed E-state index contributed by atoms with van der Waals surface area (Å²) in [5.41, 5.74) is 1.32. The number of guanidine groups is 1. The fourth-order valence-electron chi connectivity index (χ4n) is 2.85. The van der Waals surface area contributed by atoms with Crippen LogP contribution in [0, 0.1) is 5.41 Å². The standard InChI is InChI=1S/C19H19N7O6.2H2O/c20-19-25-15-14(17(30)26-19)23-11(8-22-15)7-21-10-3-1-9(2-4-10)16(29)24-12(18(31)32)5-6-13(27)28;;/h1-4,8,12,14,21H,5-7H2,(H,24,29)(H,27,28)(H,31,32)(H2,20,26,30);2*1H2/t12-,14?;;/m0../s1. The number of fused-ring (bicyclic) bond motifs is 1. The van der Waals surface area contributed by atoms with Gasteiger partial charge in [-0.3, -0.25) is 30.1 Å². The first-order chi connectivity index (χ1) is 15.2. The van der Waals surface area contributed by atoms with Gasteiger partial charge >= 0.3 is 11.9 Å². The summed E-state index contributed by atoms with van der Waals surface area (Å²) in [6.45, 7) is 0.236. The largest absolute Gasteiger partial charge is 0.481 e. The molecule has 2 aliphatic rings. The van der Waals surface area contributed by atoms with Crippen LogP contribution in [-0.2, 0) is 14.4 Å². The van der Waals surface area contributed by atoms with Crippen LogP contribution in [0.3, 0.4) is 0 Å². The predicted molar refractivity (Wildman–Crippen MR) is 121 cm³/mol. The zero-order valence-corrected chi connectivity index (χ0v) is 17.5. The number of carboxylic acids is 2. The monoisotopic (exact) mass is 477 g/mol. The lowest BCUT2D eigenvalue weighted by atomic mass is 10.1. The lowest BCUT2D eigenvalue weighted by Gasteiger charge is -2.21. The summed E-state index contributed by atoms with van der Waals surface area (Å²) in [5.74, 6) is -3.71. The number of amidine groups is 1. The molecule has 10 N–H and O–H groups in total. The highest BCUT2D eigenvalue weighted by Gasteiger charge is 2.31. The lowest BCUT2D eigenvalue weighted by molar-refractivity contribution is -0.140. The second-order valence-electron chi connectivity index (χ2n) is 6.82. The van der Waals surface area contributed by atoms with Gasteiger partial charge in [-0.05, 0) is 30.7 Å². The molecule has 2 amide bonds. The Morgan fingerprint density at radius 3 is 2.44 bits per heavy atom. The molecule has 3 rings (SSSR count). The van der Waals surface area contributed by atoms with E-state index in [9.17, 15) is 19.2 Å². The van der Waals surface area contributed by atoms with Crippen molar-refractivity contribution in [2.75, 3.05) is 11.9 Å². The Bertz CT molecular complexity index is 1060. The molecule has 15 nitrogen and oxygen atoms in total. The van der Waals surface area contributed by atoms with Crippen molar-refractivity contribution < 1.29 is 40.3 Å².